The summed E-state index contributed by atoms with van der Waals surface area (Å²) in [5, 5.41) is 3.37. The SMILES string of the molecule is CCCN(CCS(=O)(=O)c1ccc(Br)cc1)C1CCNCC1.Cl. The summed E-state index contributed by atoms with van der Waals surface area (Å²) < 4.78 is 25.9. The molecule has 1 aromatic carbocycles. The molecule has 0 aliphatic carbocycles. The van der Waals surface area contributed by atoms with E-state index in [1.807, 2.05) is 0 Å². The van der Waals surface area contributed by atoms with Crippen LogP contribution in [-0.4, -0.2) is 51.3 Å². The van der Waals surface area contributed by atoms with Crippen LogP contribution in [0.4, 0.5) is 0 Å². The molecule has 4 nitrogen and oxygen atoms in total. The molecule has 1 aliphatic heterocycles. The van der Waals surface area contributed by atoms with E-state index in [-0.39, 0.29) is 18.2 Å². The van der Waals surface area contributed by atoms with Crippen molar-refractivity contribution in [2.45, 2.75) is 37.1 Å². The van der Waals surface area contributed by atoms with Gasteiger partial charge in [-0.2, -0.15) is 0 Å². The van der Waals surface area contributed by atoms with Crippen molar-refractivity contribution in [3.05, 3.63) is 28.7 Å². The fraction of sp³-hybridized carbons (Fsp3) is 0.625. The second-order valence-electron chi connectivity index (χ2n) is 5.79. The highest BCUT2D eigenvalue weighted by molar-refractivity contribution is 9.10. The van der Waals surface area contributed by atoms with Gasteiger partial charge in [0.25, 0.3) is 0 Å². The first kappa shape index (κ1) is 20.9. The highest BCUT2D eigenvalue weighted by Gasteiger charge is 2.23. The van der Waals surface area contributed by atoms with Crippen LogP contribution in [0.5, 0.6) is 0 Å². The lowest BCUT2D eigenvalue weighted by Crippen LogP contribution is -2.45. The normalized spacial score (nSPS) is 16.3. The summed E-state index contributed by atoms with van der Waals surface area (Å²) in [6.07, 6.45) is 3.28. The molecule has 1 saturated heterocycles. The van der Waals surface area contributed by atoms with Crippen molar-refractivity contribution in [3.8, 4) is 0 Å². The zero-order valence-corrected chi connectivity index (χ0v) is 16.7. The second-order valence-corrected chi connectivity index (χ2v) is 8.81. The van der Waals surface area contributed by atoms with Crippen LogP contribution in [0.25, 0.3) is 0 Å². The lowest BCUT2D eigenvalue weighted by atomic mass is 10.0. The smallest absolute Gasteiger partial charge is 0.179 e. The highest BCUT2D eigenvalue weighted by Crippen LogP contribution is 2.18. The van der Waals surface area contributed by atoms with Gasteiger partial charge in [0, 0.05) is 17.1 Å². The number of piperidine rings is 1. The van der Waals surface area contributed by atoms with Crippen LogP contribution in [0.15, 0.2) is 33.6 Å². The molecule has 0 bridgehead atoms. The summed E-state index contributed by atoms with van der Waals surface area (Å²) in [6.45, 7) is 5.81. The molecule has 1 aromatic rings. The van der Waals surface area contributed by atoms with Crippen LogP contribution in [0.3, 0.4) is 0 Å². The van der Waals surface area contributed by atoms with E-state index in [0.717, 1.165) is 43.4 Å². The molecule has 0 aromatic heterocycles. The molecule has 1 N–H and O–H groups in total. The molecule has 1 fully saturated rings. The number of hydrogen-bond acceptors (Lipinski definition) is 4. The third-order valence-electron chi connectivity index (χ3n) is 4.16. The molecule has 0 spiro atoms. The summed E-state index contributed by atoms with van der Waals surface area (Å²) in [4.78, 5) is 2.77. The van der Waals surface area contributed by atoms with E-state index in [4.69, 9.17) is 0 Å². The average molecular weight is 426 g/mol. The quantitative estimate of drug-likeness (QED) is 0.729. The molecule has 0 amide bonds. The van der Waals surface area contributed by atoms with Gasteiger partial charge in [0.15, 0.2) is 9.84 Å². The minimum Gasteiger partial charge on any atom is -0.317 e. The van der Waals surface area contributed by atoms with Gasteiger partial charge in [-0.15, -0.1) is 12.4 Å². The van der Waals surface area contributed by atoms with Gasteiger partial charge in [0.1, 0.15) is 0 Å². The topological polar surface area (TPSA) is 49.4 Å². The van der Waals surface area contributed by atoms with E-state index < -0.39 is 9.84 Å². The Balaban J connectivity index is 0.00000264. The third kappa shape index (κ3) is 6.35. The molecule has 132 valence electrons. The number of benzene rings is 1. The maximum absolute atomic E-state index is 12.5. The third-order valence-corrected chi connectivity index (χ3v) is 6.39. The number of rotatable bonds is 7. The first-order chi connectivity index (χ1) is 10.5. The highest BCUT2D eigenvalue weighted by atomic mass is 79.9. The Kier molecular flexibility index (Phi) is 9.08. The predicted octanol–water partition coefficient (Wildman–Crippen LogP) is 3.11. The zero-order valence-electron chi connectivity index (χ0n) is 13.5. The largest absolute Gasteiger partial charge is 0.317 e. The summed E-state index contributed by atoms with van der Waals surface area (Å²) in [5.74, 6) is 0.193. The molecule has 0 saturated carbocycles. The number of halogens is 2. The lowest BCUT2D eigenvalue weighted by molar-refractivity contribution is 0.171. The van der Waals surface area contributed by atoms with Crippen molar-refractivity contribution >= 4 is 38.2 Å². The number of hydrogen-bond donors (Lipinski definition) is 1. The van der Waals surface area contributed by atoms with Gasteiger partial charge in [-0.25, -0.2) is 8.42 Å². The van der Waals surface area contributed by atoms with Crippen molar-refractivity contribution in [1.82, 2.24) is 10.2 Å². The monoisotopic (exact) mass is 424 g/mol. The number of nitrogens with zero attached hydrogens (tertiary/aromatic N) is 1. The van der Waals surface area contributed by atoms with Crippen molar-refractivity contribution in [1.29, 1.82) is 0 Å². The van der Waals surface area contributed by atoms with Crippen molar-refractivity contribution in [2.24, 2.45) is 0 Å². The second kappa shape index (κ2) is 9.99. The Morgan fingerprint density at radius 2 is 1.78 bits per heavy atom. The maximum Gasteiger partial charge on any atom is 0.179 e. The van der Waals surface area contributed by atoms with E-state index in [1.54, 1.807) is 24.3 Å². The van der Waals surface area contributed by atoms with E-state index in [0.29, 0.717) is 17.5 Å². The summed E-state index contributed by atoms with van der Waals surface area (Å²) in [5.41, 5.74) is 0. The zero-order chi connectivity index (χ0) is 16.0. The number of sulfone groups is 1. The standard InChI is InChI=1S/C16H25BrN2O2S.ClH/c1-2-11-19(15-7-9-18-10-8-15)12-13-22(20,21)16-5-3-14(17)4-6-16;/h3-6,15,18H,2,7-13H2,1H3;1H. The van der Waals surface area contributed by atoms with Gasteiger partial charge in [0.05, 0.1) is 10.6 Å². The Hall–Kier alpha value is -0.140. The fourth-order valence-electron chi connectivity index (χ4n) is 2.93. The molecule has 1 heterocycles. The van der Waals surface area contributed by atoms with Crippen LogP contribution < -0.4 is 5.32 Å². The van der Waals surface area contributed by atoms with Gasteiger partial charge < -0.3 is 5.32 Å². The van der Waals surface area contributed by atoms with Crippen molar-refractivity contribution < 1.29 is 8.42 Å². The minimum absolute atomic E-state index is 0. The van der Waals surface area contributed by atoms with Crippen molar-refractivity contribution in [3.63, 3.8) is 0 Å². The fourth-order valence-corrected chi connectivity index (χ4v) is 4.46. The van der Waals surface area contributed by atoms with Crippen molar-refractivity contribution in [2.75, 3.05) is 31.9 Å². The van der Waals surface area contributed by atoms with Gasteiger partial charge in [-0.1, -0.05) is 22.9 Å². The lowest BCUT2D eigenvalue weighted by Gasteiger charge is -2.34. The average Bonchev–Trinajstić information content (AvgIpc) is 2.53. The minimum atomic E-state index is -3.21. The van der Waals surface area contributed by atoms with Crippen LogP contribution in [0, 0.1) is 0 Å². The Morgan fingerprint density at radius 1 is 1.17 bits per heavy atom. The predicted molar refractivity (Wildman–Crippen MR) is 101 cm³/mol. The summed E-state index contributed by atoms with van der Waals surface area (Å²) in [7, 11) is -3.21. The maximum atomic E-state index is 12.5. The molecule has 2 rings (SSSR count). The Morgan fingerprint density at radius 3 is 2.35 bits per heavy atom. The molecule has 23 heavy (non-hydrogen) atoms. The molecule has 0 unspecified atom stereocenters. The first-order valence-corrected chi connectivity index (χ1v) is 10.4. The van der Waals surface area contributed by atoms with Gasteiger partial charge >= 0.3 is 0 Å². The summed E-state index contributed by atoms with van der Waals surface area (Å²) >= 11 is 3.34. The van der Waals surface area contributed by atoms with Gasteiger partial charge in [-0.3, -0.25) is 4.90 Å². The van der Waals surface area contributed by atoms with E-state index in [2.05, 4.69) is 33.1 Å². The molecule has 0 radical (unpaired) electrons. The van der Waals surface area contributed by atoms with Crippen LogP contribution in [-0.2, 0) is 9.84 Å². The Bertz CT molecular complexity index is 560. The van der Waals surface area contributed by atoms with Gasteiger partial charge in [-0.05, 0) is 63.2 Å². The van der Waals surface area contributed by atoms with Crippen LogP contribution >= 0.6 is 28.3 Å². The van der Waals surface area contributed by atoms with Crippen LogP contribution in [0.1, 0.15) is 26.2 Å². The van der Waals surface area contributed by atoms with Gasteiger partial charge in [0.2, 0.25) is 0 Å². The molecule has 7 heteroatoms. The van der Waals surface area contributed by atoms with E-state index >= 15 is 0 Å². The molecule has 1 aliphatic rings. The van der Waals surface area contributed by atoms with E-state index in [9.17, 15) is 8.42 Å². The molecular weight excluding hydrogens is 400 g/mol. The number of nitrogens with one attached hydrogen (secondary N) is 1. The van der Waals surface area contributed by atoms with Crippen LogP contribution in [0.2, 0.25) is 0 Å². The molecular formula is C16H26BrClN2O2S. The summed E-state index contributed by atoms with van der Waals surface area (Å²) in [6, 6.07) is 7.43. The molecule has 0 atom stereocenters. The van der Waals surface area contributed by atoms with E-state index in [1.165, 1.54) is 0 Å². The first-order valence-electron chi connectivity index (χ1n) is 7.96. The Labute approximate surface area is 154 Å².